The summed E-state index contributed by atoms with van der Waals surface area (Å²) in [6.45, 7) is 2.03. The number of pyridine rings is 1. The number of rotatable bonds is 8. The average Bonchev–Trinajstić information content (AvgIpc) is 3.43. The van der Waals surface area contributed by atoms with Gasteiger partial charge in [-0.05, 0) is 62.7 Å². The van der Waals surface area contributed by atoms with E-state index < -0.39 is 5.97 Å². The lowest BCUT2D eigenvalue weighted by atomic mass is 9.87. The smallest absolute Gasteiger partial charge is 0.354 e. The molecule has 2 aliphatic rings. The molecule has 0 aromatic carbocycles. The zero-order chi connectivity index (χ0) is 22.9. The van der Waals surface area contributed by atoms with Crippen LogP contribution in [0.2, 0.25) is 0 Å². The fourth-order valence-corrected chi connectivity index (χ4v) is 4.11. The monoisotopic (exact) mass is 454 g/mol. The molecular formula is C22H26N6O5. The number of hydrogen-bond acceptors (Lipinski definition) is 9. The number of ether oxygens (including phenoxy) is 2. The number of nitrogens with zero attached hydrogens (tertiary/aromatic N) is 6. The Morgan fingerprint density at radius 3 is 2.85 bits per heavy atom. The highest BCUT2D eigenvalue weighted by Gasteiger charge is 2.30. The highest BCUT2D eigenvalue weighted by atomic mass is 16.6. The van der Waals surface area contributed by atoms with Crippen molar-refractivity contribution in [3.05, 3.63) is 29.4 Å². The SMILES string of the molecule is Cc1nc(-c2nnn(C)c2COc2noc(C3CC3)n2)ccc1O[C@H]1CCC[C@H](C(=O)O)C1. The summed E-state index contributed by atoms with van der Waals surface area (Å²) >= 11 is 0. The maximum atomic E-state index is 11.3. The van der Waals surface area contributed by atoms with E-state index >= 15 is 0 Å². The third-order valence-electron chi connectivity index (χ3n) is 6.18. The quantitative estimate of drug-likeness (QED) is 0.540. The molecule has 174 valence electrons. The lowest BCUT2D eigenvalue weighted by molar-refractivity contribution is -0.143. The minimum absolute atomic E-state index is 0.123. The summed E-state index contributed by atoms with van der Waals surface area (Å²) in [6, 6.07) is 3.87. The molecule has 0 bridgehead atoms. The predicted octanol–water partition coefficient (Wildman–Crippen LogP) is 3.05. The lowest BCUT2D eigenvalue weighted by Gasteiger charge is -2.27. The van der Waals surface area contributed by atoms with Crippen LogP contribution in [0.3, 0.4) is 0 Å². The van der Waals surface area contributed by atoms with E-state index in [1.807, 2.05) is 19.1 Å². The third-order valence-corrected chi connectivity index (χ3v) is 6.18. The molecule has 3 heterocycles. The van der Waals surface area contributed by atoms with E-state index in [1.54, 1.807) is 11.7 Å². The Kier molecular flexibility index (Phi) is 5.69. The maximum Gasteiger partial charge on any atom is 0.354 e. The Balaban J connectivity index is 1.28. The Bertz CT molecular complexity index is 1150. The van der Waals surface area contributed by atoms with Crippen LogP contribution in [0, 0.1) is 12.8 Å². The van der Waals surface area contributed by atoms with Gasteiger partial charge in [-0.15, -0.1) is 5.10 Å². The van der Waals surface area contributed by atoms with Crippen molar-refractivity contribution < 1.29 is 23.9 Å². The fraction of sp³-hybridized carbons (Fsp3) is 0.545. The van der Waals surface area contributed by atoms with Crippen LogP contribution in [-0.4, -0.2) is 47.3 Å². The van der Waals surface area contributed by atoms with Crippen molar-refractivity contribution in [2.75, 3.05) is 0 Å². The van der Waals surface area contributed by atoms with Gasteiger partial charge in [-0.3, -0.25) is 4.79 Å². The molecule has 33 heavy (non-hydrogen) atoms. The Labute approximate surface area is 190 Å². The number of carbonyl (C=O) groups is 1. The van der Waals surface area contributed by atoms with E-state index in [2.05, 4.69) is 25.4 Å². The summed E-state index contributed by atoms with van der Waals surface area (Å²) in [5.41, 5.74) is 2.67. The van der Waals surface area contributed by atoms with E-state index in [0.29, 0.717) is 47.5 Å². The second-order valence-corrected chi connectivity index (χ2v) is 8.71. The Morgan fingerprint density at radius 1 is 1.24 bits per heavy atom. The first kappa shape index (κ1) is 21.4. The molecule has 2 atom stereocenters. The first-order chi connectivity index (χ1) is 16.0. The fourth-order valence-electron chi connectivity index (χ4n) is 4.11. The van der Waals surface area contributed by atoms with E-state index in [1.165, 1.54) is 0 Å². The molecule has 0 saturated heterocycles. The summed E-state index contributed by atoms with van der Waals surface area (Å²) in [5.74, 6) is 0.526. The van der Waals surface area contributed by atoms with Crippen molar-refractivity contribution in [3.63, 3.8) is 0 Å². The van der Waals surface area contributed by atoms with Gasteiger partial charge >= 0.3 is 12.0 Å². The van der Waals surface area contributed by atoms with Crippen LogP contribution in [0.5, 0.6) is 11.8 Å². The van der Waals surface area contributed by atoms with E-state index in [4.69, 9.17) is 14.0 Å². The van der Waals surface area contributed by atoms with Gasteiger partial charge in [-0.2, -0.15) is 4.98 Å². The predicted molar refractivity (Wildman–Crippen MR) is 114 cm³/mol. The number of aryl methyl sites for hydroxylation is 2. The zero-order valence-corrected chi connectivity index (χ0v) is 18.6. The minimum atomic E-state index is -0.754. The van der Waals surface area contributed by atoms with Crippen molar-refractivity contribution in [2.24, 2.45) is 13.0 Å². The highest BCUT2D eigenvalue weighted by molar-refractivity contribution is 5.70. The first-order valence-electron chi connectivity index (χ1n) is 11.2. The third kappa shape index (κ3) is 4.67. The molecule has 2 fully saturated rings. The van der Waals surface area contributed by atoms with Gasteiger partial charge in [0.1, 0.15) is 23.7 Å². The molecule has 0 unspecified atom stereocenters. The largest absolute Gasteiger partial charge is 0.489 e. The molecule has 0 amide bonds. The summed E-state index contributed by atoms with van der Waals surface area (Å²) in [7, 11) is 1.79. The van der Waals surface area contributed by atoms with Crippen molar-refractivity contribution in [3.8, 4) is 23.1 Å². The zero-order valence-electron chi connectivity index (χ0n) is 18.6. The standard InChI is InChI=1S/C22H26N6O5/c1-12-18(32-15-5-3-4-14(10-15)21(29)30)9-8-16(23-12)19-17(28(2)27-25-19)11-31-22-24-20(33-26-22)13-6-7-13/h8-9,13-15H,3-7,10-11H2,1-2H3,(H,29,30)/t14-,15-/m0/s1. The van der Waals surface area contributed by atoms with Crippen LogP contribution in [0.15, 0.2) is 16.7 Å². The number of aromatic nitrogens is 6. The van der Waals surface area contributed by atoms with Crippen molar-refractivity contribution in [1.29, 1.82) is 0 Å². The summed E-state index contributed by atoms with van der Waals surface area (Å²) in [6.07, 6.45) is 4.93. The molecule has 2 saturated carbocycles. The van der Waals surface area contributed by atoms with Gasteiger partial charge in [0.2, 0.25) is 5.89 Å². The number of aliphatic carboxylic acids is 1. The minimum Gasteiger partial charge on any atom is -0.489 e. The first-order valence-corrected chi connectivity index (χ1v) is 11.2. The van der Waals surface area contributed by atoms with Crippen LogP contribution < -0.4 is 9.47 Å². The van der Waals surface area contributed by atoms with E-state index in [-0.39, 0.29) is 24.6 Å². The highest BCUT2D eigenvalue weighted by Crippen LogP contribution is 2.39. The molecule has 11 nitrogen and oxygen atoms in total. The average molecular weight is 454 g/mol. The van der Waals surface area contributed by atoms with Gasteiger partial charge in [0.25, 0.3) is 0 Å². The van der Waals surface area contributed by atoms with Crippen LogP contribution in [0.25, 0.3) is 11.4 Å². The van der Waals surface area contributed by atoms with Gasteiger partial charge in [-0.25, -0.2) is 9.67 Å². The maximum absolute atomic E-state index is 11.3. The number of carboxylic acid groups (broad SMARTS) is 1. The molecule has 0 aliphatic heterocycles. The molecule has 0 spiro atoms. The van der Waals surface area contributed by atoms with Gasteiger partial charge in [0.15, 0.2) is 0 Å². The second-order valence-electron chi connectivity index (χ2n) is 8.71. The van der Waals surface area contributed by atoms with Crippen LogP contribution >= 0.6 is 0 Å². The summed E-state index contributed by atoms with van der Waals surface area (Å²) in [5, 5.41) is 21.6. The Hall–Kier alpha value is -3.50. The summed E-state index contributed by atoms with van der Waals surface area (Å²) in [4.78, 5) is 20.3. The van der Waals surface area contributed by atoms with Crippen molar-refractivity contribution in [1.82, 2.24) is 30.1 Å². The molecule has 1 N–H and O–H groups in total. The molecule has 5 rings (SSSR count). The normalized spacial score (nSPS) is 20.5. The van der Waals surface area contributed by atoms with Gasteiger partial charge in [0, 0.05) is 13.0 Å². The van der Waals surface area contributed by atoms with Gasteiger partial charge < -0.3 is 19.1 Å². The van der Waals surface area contributed by atoms with Crippen LogP contribution in [0.1, 0.15) is 61.7 Å². The topological polar surface area (TPSA) is 138 Å². The second kappa shape index (κ2) is 8.80. The Morgan fingerprint density at radius 2 is 2.09 bits per heavy atom. The van der Waals surface area contributed by atoms with Crippen molar-refractivity contribution in [2.45, 2.75) is 64.1 Å². The molecular weight excluding hydrogens is 428 g/mol. The number of hydrogen-bond donors (Lipinski definition) is 1. The molecule has 3 aromatic rings. The van der Waals surface area contributed by atoms with E-state index in [0.717, 1.165) is 31.4 Å². The number of carboxylic acids is 1. The molecule has 3 aromatic heterocycles. The van der Waals surface area contributed by atoms with Crippen LogP contribution in [-0.2, 0) is 18.4 Å². The summed E-state index contributed by atoms with van der Waals surface area (Å²) < 4.78 is 18.7. The lowest BCUT2D eigenvalue weighted by Crippen LogP contribution is -2.29. The van der Waals surface area contributed by atoms with Gasteiger partial charge in [-0.1, -0.05) is 5.21 Å². The van der Waals surface area contributed by atoms with Gasteiger partial charge in [0.05, 0.1) is 23.4 Å². The molecule has 0 radical (unpaired) electrons. The molecule has 11 heteroatoms. The molecule has 2 aliphatic carbocycles. The van der Waals surface area contributed by atoms with E-state index in [9.17, 15) is 9.90 Å². The van der Waals surface area contributed by atoms with Crippen molar-refractivity contribution >= 4 is 5.97 Å². The van der Waals surface area contributed by atoms with Crippen LogP contribution in [0.4, 0.5) is 0 Å².